The first kappa shape index (κ1) is 14.9. The highest BCUT2D eigenvalue weighted by molar-refractivity contribution is 7.61. The van der Waals surface area contributed by atoms with Gasteiger partial charge in [0.05, 0.1) is 0 Å². The van der Waals surface area contributed by atoms with E-state index in [1.54, 1.807) is 0 Å². The Morgan fingerprint density at radius 3 is 1.55 bits per heavy atom. The van der Waals surface area contributed by atoms with Gasteiger partial charge in [-0.2, -0.15) is 0 Å². The largest absolute Gasteiger partial charge is 0.289 e. The van der Waals surface area contributed by atoms with Gasteiger partial charge in [0.2, 0.25) is 0 Å². The summed E-state index contributed by atoms with van der Waals surface area (Å²) < 4.78 is 2.32. The summed E-state index contributed by atoms with van der Waals surface area (Å²) in [5.74, 6) is 1.97. The van der Waals surface area contributed by atoms with Crippen molar-refractivity contribution in [2.75, 3.05) is 4.67 Å². The van der Waals surface area contributed by atoms with Crippen LogP contribution in [0, 0.1) is 0 Å². The van der Waals surface area contributed by atoms with Crippen LogP contribution in [0.2, 0.25) is 0 Å². The molecule has 0 N–H and O–H groups in total. The second-order valence-corrected chi connectivity index (χ2v) is 8.48. The molecule has 106 valence electrons. The minimum Gasteiger partial charge on any atom is -0.289 e. The van der Waals surface area contributed by atoms with E-state index < -0.39 is 0 Å². The van der Waals surface area contributed by atoms with Crippen molar-refractivity contribution in [1.82, 2.24) is 9.97 Å². The van der Waals surface area contributed by atoms with Gasteiger partial charge in [-0.15, -0.1) is 0 Å². The molecule has 0 bridgehead atoms. The van der Waals surface area contributed by atoms with Crippen molar-refractivity contribution in [2.24, 2.45) is 0 Å². The van der Waals surface area contributed by atoms with Crippen LogP contribution in [0.25, 0.3) is 0 Å². The van der Waals surface area contributed by atoms with E-state index in [-0.39, 0.29) is 8.07 Å². The van der Waals surface area contributed by atoms with E-state index in [0.29, 0.717) is 11.3 Å². The number of pyridine rings is 2. The Morgan fingerprint density at radius 1 is 0.800 bits per heavy atom. The number of hydrogen-bond donors (Lipinski definition) is 0. The lowest BCUT2D eigenvalue weighted by atomic mass is 10.4. The molecular formula is C16H22N3P. The second-order valence-electron chi connectivity index (χ2n) is 5.26. The Balaban J connectivity index is 2.49. The first-order chi connectivity index (χ1) is 9.61. The molecule has 0 aliphatic heterocycles. The molecule has 2 rings (SSSR count). The molecule has 4 heteroatoms. The molecule has 0 saturated heterocycles. The molecule has 0 spiro atoms. The van der Waals surface area contributed by atoms with E-state index in [2.05, 4.69) is 54.5 Å². The molecule has 0 amide bonds. The molecule has 0 aromatic carbocycles. The third-order valence-electron chi connectivity index (χ3n) is 3.02. The van der Waals surface area contributed by atoms with Crippen LogP contribution in [0.5, 0.6) is 0 Å². The molecule has 0 aliphatic carbocycles. The predicted octanol–water partition coefficient (Wildman–Crippen LogP) is 4.83. The second kappa shape index (κ2) is 6.81. The lowest BCUT2D eigenvalue weighted by molar-refractivity contribution is 0.988. The Hall–Kier alpha value is -1.47. The number of rotatable bonds is 5. The average molecular weight is 287 g/mol. The van der Waals surface area contributed by atoms with Gasteiger partial charge < -0.3 is 0 Å². The van der Waals surface area contributed by atoms with Crippen molar-refractivity contribution in [3.63, 3.8) is 0 Å². The van der Waals surface area contributed by atoms with E-state index in [0.717, 1.165) is 11.6 Å². The molecule has 0 fully saturated rings. The summed E-state index contributed by atoms with van der Waals surface area (Å²) in [6.45, 7) is 9.13. The van der Waals surface area contributed by atoms with Crippen LogP contribution in [-0.2, 0) is 0 Å². The fourth-order valence-electron chi connectivity index (χ4n) is 2.37. The molecule has 2 aromatic rings. The van der Waals surface area contributed by atoms with Crippen molar-refractivity contribution in [3.8, 4) is 0 Å². The van der Waals surface area contributed by atoms with Crippen LogP contribution >= 0.6 is 8.07 Å². The maximum Gasteiger partial charge on any atom is 0.137 e. The molecular weight excluding hydrogens is 265 g/mol. The van der Waals surface area contributed by atoms with Crippen LogP contribution in [0.1, 0.15) is 27.7 Å². The highest BCUT2D eigenvalue weighted by atomic mass is 31.1. The molecule has 3 nitrogen and oxygen atoms in total. The molecule has 0 unspecified atom stereocenters. The Labute approximate surface area is 122 Å². The van der Waals surface area contributed by atoms with Crippen LogP contribution in [0.15, 0.2) is 48.8 Å². The minimum absolute atomic E-state index is 0.386. The molecule has 0 aliphatic rings. The van der Waals surface area contributed by atoms with Gasteiger partial charge >= 0.3 is 0 Å². The molecule has 0 saturated carbocycles. The number of hydrogen-bond acceptors (Lipinski definition) is 3. The van der Waals surface area contributed by atoms with Gasteiger partial charge in [0.15, 0.2) is 0 Å². The van der Waals surface area contributed by atoms with Crippen LogP contribution < -0.4 is 4.67 Å². The molecule has 0 atom stereocenters. The van der Waals surface area contributed by atoms with Crippen molar-refractivity contribution in [1.29, 1.82) is 0 Å². The van der Waals surface area contributed by atoms with E-state index in [9.17, 15) is 0 Å². The quantitative estimate of drug-likeness (QED) is 0.738. The third-order valence-corrected chi connectivity index (χ3v) is 6.01. The SMILES string of the molecule is CC(C)P(C(C)C)N(c1ccccn1)c1ccccn1. The Morgan fingerprint density at radius 2 is 1.25 bits per heavy atom. The zero-order chi connectivity index (χ0) is 14.5. The van der Waals surface area contributed by atoms with Crippen LogP contribution in [-0.4, -0.2) is 21.3 Å². The highest BCUT2D eigenvalue weighted by Gasteiger charge is 2.27. The summed E-state index contributed by atoms with van der Waals surface area (Å²) in [5.41, 5.74) is 1.16. The average Bonchev–Trinajstić information content (AvgIpc) is 2.45. The summed E-state index contributed by atoms with van der Waals surface area (Å²) >= 11 is 0. The summed E-state index contributed by atoms with van der Waals surface area (Å²) in [5, 5.41) is 0. The van der Waals surface area contributed by atoms with Crippen molar-refractivity contribution < 1.29 is 0 Å². The van der Waals surface area contributed by atoms with Crippen molar-refractivity contribution in [3.05, 3.63) is 48.8 Å². The zero-order valence-corrected chi connectivity index (χ0v) is 13.5. The van der Waals surface area contributed by atoms with Crippen molar-refractivity contribution in [2.45, 2.75) is 39.0 Å². The lowest BCUT2D eigenvalue weighted by Gasteiger charge is -2.37. The topological polar surface area (TPSA) is 29.0 Å². The Bertz CT molecular complexity index is 466. The molecule has 20 heavy (non-hydrogen) atoms. The zero-order valence-electron chi connectivity index (χ0n) is 12.6. The van der Waals surface area contributed by atoms with Gasteiger partial charge in [0.25, 0.3) is 0 Å². The summed E-state index contributed by atoms with van der Waals surface area (Å²) in [4.78, 5) is 9.09. The fraction of sp³-hybridized carbons (Fsp3) is 0.375. The van der Waals surface area contributed by atoms with Gasteiger partial charge in [-0.05, 0) is 35.6 Å². The first-order valence-corrected chi connectivity index (χ1v) is 8.45. The molecule has 2 heterocycles. The first-order valence-electron chi connectivity index (χ1n) is 7.01. The summed E-state index contributed by atoms with van der Waals surface area (Å²) in [6.07, 6.45) is 3.69. The molecule has 0 radical (unpaired) electrons. The number of aromatic nitrogens is 2. The van der Waals surface area contributed by atoms with E-state index in [1.807, 2.05) is 36.7 Å². The predicted molar refractivity (Wildman–Crippen MR) is 87.8 cm³/mol. The lowest BCUT2D eigenvalue weighted by Crippen LogP contribution is -2.22. The fourth-order valence-corrected chi connectivity index (χ4v) is 5.20. The maximum absolute atomic E-state index is 4.54. The monoisotopic (exact) mass is 287 g/mol. The van der Waals surface area contributed by atoms with E-state index in [1.165, 1.54) is 0 Å². The third kappa shape index (κ3) is 3.34. The van der Waals surface area contributed by atoms with Gasteiger partial charge in [0.1, 0.15) is 11.6 Å². The Kier molecular flexibility index (Phi) is 5.08. The van der Waals surface area contributed by atoms with E-state index >= 15 is 0 Å². The van der Waals surface area contributed by atoms with Gasteiger partial charge in [0, 0.05) is 20.5 Å². The highest BCUT2D eigenvalue weighted by Crippen LogP contribution is 2.54. The smallest absolute Gasteiger partial charge is 0.137 e. The van der Waals surface area contributed by atoms with Crippen molar-refractivity contribution >= 4 is 19.7 Å². The van der Waals surface area contributed by atoms with Gasteiger partial charge in [-0.3, -0.25) is 4.67 Å². The summed E-state index contributed by atoms with van der Waals surface area (Å²) in [6, 6.07) is 12.1. The van der Waals surface area contributed by atoms with Crippen LogP contribution in [0.4, 0.5) is 11.6 Å². The number of anilines is 2. The maximum atomic E-state index is 4.54. The normalized spacial score (nSPS) is 11.3. The van der Waals surface area contributed by atoms with Gasteiger partial charge in [-0.25, -0.2) is 9.97 Å². The van der Waals surface area contributed by atoms with Gasteiger partial charge in [-0.1, -0.05) is 39.8 Å². The summed E-state index contributed by atoms with van der Waals surface area (Å²) in [7, 11) is -0.386. The number of nitrogens with zero attached hydrogens (tertiary/aromatic N) is 3. The molecule has 2 aromatic heterocycles. The minimum atomic E-state index is -0.386. The standard InChI is InChI=1S/C16H22N3P/c1-13(2)20(14(3)4)19(15-9-5-7-11-17-15)16-10-6-8-12-18-16/h5-14H,1-4H3. The van der Waals surface area contributed by atoms with Crippen LogP contribution in [0.3, 0.4) is 0 Å². The van der Waals surface area contributed by atoms with E-state index in [4.69, 9.17) is 0 Å².